The second-order valence-corrected chi connectivity index (χ2v) is 8.68. The molecule has 0 N–H and O–H groups in total. The van der Waals surface area contributed by atoms with Crippen LogP contribution in [0.25, 0.3) is 10.8 Å². The molecule has 0 bridgehead atoms. The van der Waals surface area contributed by atoms with E-state index < -0.39 is 0 Å². The monoisotopic (exact) mass is 464 g/mol. The maximum Gasteiger partial charge on any atom is 2.00 e. The summed E-state index contributed by atoms with van der Waals surface area (Å²) in [6.07, 6.45) is 6.41. The smallest absolute Gasteiger partial charge is 0.270 e. The van der Waals surface area contributed by atoms with Crippen molar-refractivity contribution in [2.45, 2.75) is 20.3 Å². The Bertz CT molecular complexity index is 545. The van der Waals surface area contributed by atoms with Crippen molar-refractivity contribution in [3.8, 4) is 0 Å². The molecule has 2 unspecified atom stereocenters. The van der Waals surface area contributed by atoms with E-state index in [1.807, 2.05) is 0 Å². The van der Waals surface area contributed by atoms with Crippen LogP contribution < -0.4 is 0 Å². The van der Waals surface area contributed by atoms with Gasteiger partial charge in [0.25, 0.3) is 0 Å². The molecule has 5 heteroatoms. The first-order chi connectivity index (χ1) is 9.67. The fourth-order valence-corrected chi connectivity index (χ4v) is 1.82. The Hall–Kier alpha value is 0.633. The molecular formula is C18H26Cl2P2Zr. The molecule has 0 amide bonds. The van der Waals surface area contributed by atoms with E-state index >= 15 is 0 Å². The predicted molar refractivity (Wildman–Crippen MR) is 113 cm³/mol. The summed E-state index contributed by atoms with van der Waals surface area (Å²) < 4.78 is 0. The molecule has 0 saturated carbocycles. The number of rotatable bonds is 1. The summed E-state index contributed by atoms with van der Waals surface area (Å²) >= 11 is 0. The van der Waals surface area contributed by atoms with Gasteiger partial charge in [0.05, 0.1) is 0 Å². The van der Waals surface area contributed by atoms with Gasteiger partial charge in [-0.15, -0.1) is 77.4 Å². The van der Waals surface area contributed by atoms with E-state index in [4.69, 9.17) is 0 Å². The van der Waals surface area contributed by atoms with Crippen LogP contribution in [0.2, 0.25) is 0 Å². The molecule has 2 atom stereocenters. The molecule has 1 aliphatic rings. The predicted octanol–water partition coefficient (Wildman–Crippen LogP) is 7.00. The maximum absolute atomic E-state index is 3.19. The SMILES string of the molecule is CC1=[C-]CC(C)=C1.CPPC.Cl.Cl.[Zr+2].c1ccc2[cH-]ccc2c1. The molecule has 0 aromatic heterocycles. The van der Waals surface area contributed by atoms with Gasteiger partial charge in [0.1, 0.15) is 0 Å². The van der Waals surface area contributed by atoms with Crippen LogP contribution in [0, 0.1) is 6.08 Å². The summed E-state index contributed by atoms with van der Waals surface area (Å²) in [7, 11) is 2.34. The molecule has 3 rings (SSSR count). The van der Waals surface area contributed by atoms with Gasteiger partial charge in [-0.1, -0.05) is 19.9 Å². The molecule has 0 radical (unpaired) electrons. The zero-order valence-electron chi connectivity index (χ0n) is 14.1. The third kappa shape index (κ3) is 12.6. The Kier molecular flexibility index (Phi) is 21.6. The first-order valence-corrected chi connectivity index (χ1v) is 10.9. The van der Waals surface area contributed by atoms with E-state index in [9.17, 15) is 0 Å². The fraction of sp³-hybridized carbons (Fsp3) is 0.278. The fourth-order valence-electron chi connectivity index (χ4n) is 1.82. The van der Waals surface area contributed by atoms with Crippen molar-refractivity contribution in [3.05, 3.63) is 65.8 Å². The van der Waals surface area contributed by atoms with Crippen LogP contribution >= 0.6 is 41.4 Å². The van der Waals surface area contributed by atoms with Gasteiger partial charge < -0.3 is 0 Å². The van der Waals surface area contributed by atoms with E-state index in [1.54, 1.807) is 0 Å². The number of allylic oxidation sites excluding steroid dienone is 4. The van der Waals surface area contributed by atoms with E-state index in [1.165, 1.54) is 38.5 Å². The zero-order chi connectivity index (χ0) is 14.8. The minimum atomic E-state index is 0. The maximum atomic E-state index is 3.19. The minimum Gasteiger partial charge on any atom is -0.270 e. The molecule has 0 nitrogen and oxygen atoms in total. The number of halogens is 2. The quantitative estimate of drug-likeness (QED) is 0.314. The number of hydrogen-bond donors (Lipinski definition) is 0. The average Bonchev–Trinajstić information content (AvgIpc) is 3.08. The van der Waals surface area contributed by atoms with E-state index in [-0.39, 0.29) is 51.0 Å². The van der Waals surface area contributed by atoms with Gasteiger partial charge in [0.2, 0.25) is 0 Å². The van der Waals surface area contributed by atoms with Crippen molar-refractivity contribution in [3.63, 3.8) is 0 Å². The average molecular weight is 466 g/mol. The molecule has 2 aromatic rings. The van der Waals surface area contributed by atoms with Crippen LogP contribution in [-0.4, -0.2) is 13.3 Å². The van der Waals surface area contributed by atoms with Crippen LogP contribution in [0.5, 0.6) is 0 Å². The molecule has 0 saturated heterocycles. The van der Waals surface area contributed by atoms with Gasteiger partial charge in [-0.05, 0) is 13.3 Å². The Labute approximate surface area is 176 Å². The Morgan fingerprint density at radius 2 is 1.61 bits per heavy atom. The zero-order valence-corrected chi connectivity index (χ0v) is 20.2. The first kappa shape index (κ1) is 28.4. The molecule has 23 heavy (non-hydrogen) atoms. The Balaban J connectivity index is -0.000000262. The summed E-state index contributed by atoms with van der Waals surface area (Å²) in [5.74, 6) is 0. The van der Waals surface area contributed by atoms with Crippen molar-refractivity contribution in [2.24, 2.45) is 0 Å². The van der Waals surface area contributed by atoms with E-state index in [0.29, 0.717) is 0 Å². The Morgan fingerprint density at radius 3 is 2.00 bits per heavy atom. The van der Waals surface area contributed by atoms with Gasteiger partial charge in [-0.3, -0.25) is 6.08 Å². The van der Waals surface area contributed by atoms with Gasteiger partial charge in [0.15, 0.2) is 0 Å². The number of benzene rings is 1. The topological polar surface area (TPSA) is 0 Å². The van der Waals surface area contributed by atoms with Crippen LogP contribution in [0.3, 0.4) is 0 Å². The van der Waals surface area contributed by atoms with Crippen LogP contribution in [0.1, 0.15) is 20.3 Å². The third-order valence-electron chi connectivity index (χ3n) is 2.91. The van der Waals surface area contributed by atoms with Crippen molar-refractivity contribution in [1.82, 2.24) is 0 Å². The van der Waals surface area contributed by atoms with Crippen LogP contribution in [0.4, 0.5) is 0 Å². The Morgan fingerprint density at radius 1 is 1.00 bits per heavy atom. The molecule has 0 heterocycles. The second kappa shape index (κ2) is 17.5. The number of fused-ring (bicyclic) bond motifs is 1. The van der Waals surface area contributed by atoms with Gasteiger partial charge >= 0.3 is 26.2 Å². The summed E-state index contributed by atoms with van der Waals surface area (Å²) in [5.41, 5.74) is 2.72. The molecule has 126 valence electrons. The molecular weight excluding hydrogens is 440 g/mol. The van der Waals surface area contributed by atoms with Gasteiger partial charge in [-0.25, -0.2) is 11.6 Å². The van der Waals surface area contributed by atoms with Crippen molar-refractivity contribution in [1.29, 1.82) is 0 Å². The van der Waals surface area contributed by atoms with E-state index in [2.05, 4.69) is 81.8 Å². The van der Waals surface area contributed by atoms with Crippen molar-refractivity contribution >= 4 is 52.1 Å². The molecule has 1 aliphatic carbocycles. The summed E-state index contributed by atoms with van der Waals surface area (Å²) in [4.78, 5) is 0. The van der Waals surface area contributed by atoms with Gasteiger partial charge in [-0.2, -0.15) is 23.1 Å². The molecule has 0 spiro atoms. The van der Waals surface area contributed by atoms with Crippen LogP contribution in [0.15, 0.2) is 59.7 Å². The molecule has 2 aromatic carbocycles. The van der Waals surface area contributed by atoms with E-state index in [0.717, 1.165) is 6.42 Å². The third-order valence-corrected chi connectivity index (χ3v) is 4.91. The largest absolute Gasteiger partial charge is 2.00 e. The summed E-state index contributed by atoms with van der Waals surface area (Å²) in [6.45, 7) is 8.65. The standard InChI is InChI=1S/C9H7.C7H9.C2H8P2.2ClH.Zr/c1-2-5-9-7-3-6-8(9)4-1;1-6-3-4-7(2)5-6;1-3-4-2;;;/h1-7H;5H,3H2,1-2H3;3-4H,1-2H3;2*1H;/q2*-1;;;;+2. The first-order valence-electron chi connectivity index (χ1n) is 6.86. The molecule has 0 fully saturated rings. The number of hydrogen-bond acceptors (Lipinski definition) is 0. The summed E-state index contributed by atoms with van der Waals surface area (Å²) in [5, 5.41) is 2.66. The van der Waals surface area contributed by atoms with Crippen LogP contribution in [-0.2, 0) is 26.2 Å². The van der Waals surface area contributed by atoms with Crippen molar-refractivity contribution in [2.75, 3.05) is 13.3 Å². The molecule has 0 aliphatic heterocycles. The van der Waals surface area contributed by atoms with Gasteiger partial charge in [0, 0.05) is 0 Å². The minimum absolute atomic E-state index is 0. The van der Waals surface area contributed by atoms with Crippen molar-refractivity contribution < 1.29 is 26.2 Å². The second-order valence-electron chi connectivity index (χ2n) is 4.68. The summed E-state index contributed by atoms with van der Waals surface area (Å²) in [6, 6.07) is 14.7. The normalized spacial score (nSPS) is 12.2.